The molecule has 0 heterocycles. The summed E-state index contributed by atoms with van der Waals surface area (Å²) in [5.41, 5.74) is 5.23. The number of hydrogen-bond donors (Lipinski definition) is 2. The quantitative estimate of drug-likeness (QED) is 0.441. The van der Waals surface area contributed by atoms with Crippen LogP contribution in [0.25, 0.3) is 0 Å². The third-order valence-electron chi connectivity index (χ3n) is 2.59. The van der Waals surface area contributed by atoms with E-state index < -0.39 is 11.8 Å². The second-order valence-corrected chi connectivity index (χ2v) is 4.29. The Kier molecular flexibility index (Phi) is 5.93. The van der Waals surface area contributed by atoms with Gasteiger partial charge in [-0.05, 0) is 18.8 Å². The maximum atomic E-state index is 11.5. The second-order valence-electron chi connectivity index (χ2n) is 4.29. The third kappa shape index (κ3) is 5.65. The number of nitrogens with zero attached hydrogens (tertiary/aromatic N) is 1. The molecule has 1 aliphatic rings. The van der Waals surface area contributed by atoms with E-state index in [1.807, 2.05) is 0 Å². The lowest BCUT2D eigenvalue weighted by Gasteiger charge is -2.16. The smallest absolute Gasteiger partial charge is 0.311 e. The Labute approximate surface area is 101 Å². The maximum Gasteiger partial charge on any atom is 0.311 e. The Morgan fingerprint density at radius 2 is 2.18 bits per heavy atom. The van der Waals surface area contributed by atoms with Crippen LogP contribution < -0.4 is 11.1 Å². The molecule has 1 fully saturated rings. The molecule has 0 aliphatic heterocycles. The van der Waals surface area contributed by atoms with Crippen molar-refractivity contribution in [2.24, 2.45) is 11.7 Å². The van der Waals surface area contributed by atoms with Gasteiger partial charge in [0.05, 0.1) is 6.61 Å². The molecular weight excluding hydrogens is 222 g/mol. The van der Waals surface area contributed by atoms with Crippen molar-refractivity contribution < 1.29 is 14.3 Å². The highest BCUT2D eigenvalue weighted by molar-refractivity contribution is 6.34. The number of likely N-dealkylation sites (N-methyl/N-ethyl adjacent to an activating group) is 1. The van der Waals surface area contributed by atoms with E-state index in [0.717, 1.165) is 6.61 Å². The number of hydrogen-bond acceptors (Lipinski definition) is 4. The molecule has 0 unspecified atom stereocenters. The van der Waals surface area contributed by atoms with E-state index in [4.69, 9.17) is 10.5 Å². The SMILES string of the molecule is CN(CCOCC1CC1)C(=O)C(=O)NCCN. The van der Waals surface area contributed by atoms with Crippen LogP contribution in [0, 0.1) is 5.92 Å². The fraction of sp³-hybridized carbons (Fsp3) is 0.818. The summed E-state index contributed by atoms with van der Waals surface area (Å²) in [6.07, 6.45) is 2.49. The molecule has 17 heavy (non-hydrogen) atoms. The summed E-state index contributed by atoms with van der Waals surface area (Å²) in [5, 5.41) is 2.44. The molecule has 1 aliphatic carbocycles. The molecule has 0 spiro atoms. The van der Waals surface area contributed by atoms with Gasteiger partial charge in [0, 0.05) is 33.3 Å². The van der Waals surface area contributed by atoms with Crippen molar-refractivity contribution in [3.63, 3.8) is 0 Å². The van der Waals surface area contributed by atoms with Crippen LogP contribution in [0.5, 0.6) is 0 Å². The summed E-state index contributed by atoms with van der Waals surface area (Å²) in [6, 6.07) is 0. The average molecular weight is 243 g/mol. The van der Waals surface area contributed by atoms with Gasteiger partial charge in [0.2, 0.25) is 0 Å². The van der Waals surface area contributed by atoms with Gasteiger partial charge in [-0.1, -0.05) is 0 Å². The molecule has 0 atom stereocenters. The lowest BCUT2D eigenvalue weighted by molar-refractivity contribution is -0.145. The molecule has 3 N–H and O–H groups in total. The van der Waals surface area contributed by atoms with Crippen molar-refractivity contribution in [2.75, 3.05) is 39.9 Å². The van der Waals surface area contributed by atoms with E-state index >= 15 is 0 Å². The first-order chi connectivity index (χ1) is 8.15. The zero-order valence-corrected chi connectivity index (χ0v) is 10.3. The van der Waals surface area contributed by atoms with E-state index in [2.05, 4.69) is 5.32 Å². The highest BCUT2D eigenvalue weighted by atomic mass is 16.5. The molecule has 1 rings (SSSR count). The Bertz CT molecular complexity index is 267. The number of nitrogens with one attached hydrogen (secondary N) is 1. The predicted molar refractivity (Wildman–Crippen MR) is 63.2 cm³/mol. The monoisotopic (exact) mass is 243 g/mol. The molecule has 98 valence electrons. The number of nitrogens with two attached hydrogens (primary N) is 1. The van der Waals surface area contributed by atoms with Crippen LogP contribution in [-0.2, 0) is 14.3 Å². The zero-order chi connectivity index (χ0) is 12.7. The summed E-state index contributed by atoms with van der Waals surface area (Å²) in [5.74, 6) is -0.447. The van der Waals surface area contributed by atoms with E-state index in [0.29, 0.717) is 32.2 Å². The van der Waals surface area contributed by atoms with Gasteiger partial charge in [-0.2, -0.15) is 0 Å². The number of carbonyl (C=O) groups is 2. The normalized spacial score (nSPS) is 14.5. The summed E-state index contributed by atoms with van der Waals surface area (Å²) < 4.78 is 5.39. The Balaban J connectivity index is 2.09. The molecule has 0 bridgehead atoms. The molecule has 1 saturated carbocycles. The van der Waals surface area contributed by atoms with Gasteiger partial charge in [0.15, 0.2) is 0 Å². The standard InChI is InChI=1S/C11H21N3O3/c1-14(6-7-17-8-9-2-3-9)11(16)10(15)13-5-4-12/h9H,2-8,12H2,1H3,(H,13,15). The molecule has 2 amide bonds. The predicted octanol–water partition coefficient (Wildman–Crippen LogP) is -1.05. The Morgan fingerprint density at radius 1 is 1.47 bits per heavy atom. The molecule has 0 saturated heterocycles. The minimum Gasteiger partial charge on any atom is -0.379 e. The van der Waals surface area contributed by atoms with Gasteiger partial charge in [-0.25, -0.2) is 0 Å². The van der Waals surface area contributed by atoms with Crippen LogP contribution in [0.3, 0.4) is 0 Å². The summed E-state index contributed by atoms with van der Waals surface area (Å²) in [7, 11) is 1.59. The van der Waals surface area contributed by atoms with Gasteiger partial charge in [0.1, 0.15) is 0 Å². The van der Waals surface area contributed by atoms with Gasteiger partial charge in [0.25, 0.3) is 0 Å². The van der Waals surface area contributed by atoms with Gasteiger partial charge < -0.3 is 20.7 Å². The van der Waals surface area contributed by atoms with Gasteiger partial charge >= 0.3 is 11.8 Å². The first-order valence-electron chi connectivity index (χ1n) is 5.96. The van der Waals surface area contributed by atoms with Crippen molar-refractivity contribution in [3.05, 3.63) is 0 Å². The number of amides is 2. The van der Waals surface area contributed by atoms with Gasteiger partial charge in [-0.3, -0.25) is 9.59 Å². The Hall–Kier alpha value is -1.14. The highest BCUT2D eigenvalue weighted by Crippen LogP contribution is 2.28. The molecule has 0 aromatic rings. The van der Waals surface area contributed by atoms with E-state index in [1.54, 1.807) is 7.05 Å². The second kappa shape index (κ2) is 7.24. The molecular formula is C11H21N3O3. The number of rotatable bonds is 7. The fourth-order valence-corrected chi connectivity index (χ4v) is 1.27. The minimum atomic E-state index is -0.611. The van der Waals surface area contributed by atoms with Crippen LogP contribution in [-0.4, -0.2) is 56.6 Å². The summed E-state index contributed by atoms with van der Waals surface area (Å²) in [6.45, 7) is 2.32. The van der Waals surface area contributed by atoms with Gasteiger partial charge in [-0.15, -0.1) is 0 Å². The van der Waals surface area contributed by atoms with Crippen molar-refractivity contribution in [1.29, 1.82) is 0 Å². The summed E-state index contributed by atoms with van der Waals surface area (Å²) in [4.78, 5) is 24.2. The largest absolute Gasteiger partial charge is 0.379 e. The molecule has 0 radical (unpaired) electrons. The van der Waals surface area contributed by atoms with E-state index in [1.165, 1.54) is 17.7 Å². The van der Waals surface area contributed by atoms with Crippen LogP contribution in [0.1, 0.15) is 12.8 Å². The van der Waals surface area contributed by atoms with Crippen molar-refractivity contribution in [3.8, 4) is 0 Å². The first-order valence-corrected chi connectivity index (χ1v) is 5.96. The molecule has 6 nitrogen and oxygen atoms in total. The average Bonchev–Trinajstić information content (AvgIpc) is 3.14. The van der Waals surface area contributed by atoms with Crippen LogP contribution in [0.2, 0.25) is 0 Å². The minimum absolute atomic E-state index is 0.316. The summed E-state index contributed by atoms with van der Waals surface area (Å²) >= 11 is 0. The molecule has 6 heteroatoms. The Morgan fingerprint density at radius 3 is 2.76 bits per heavy atom. The topological polar surface area (TPSA) is 84.7 Å². The number of ether oxygens (including phenoxy) is 1. The van der Waals surface area contributed by atoms with E-state index in [-0.39, 0.29) is 0 Å². The third-order valence-corrected chi connectivity index (χ3v) is 2.59. The highest BCUT2D eigenvalue weighted by Gasteiger charge is 2.21. The van der Waals surface area contributed by atoms with Crippen LogP contribution >= 0.6 is 0 Å². The van der Waals surface area contributed by atoms with Crippen LogP contribution in [0.4, 0.5) is 0 Å². The van der Waals surface area contributed by atoms with Crippen LogP contribution in [0.15, 0.2) is 0 Å². The molecule has 0 aromatic carbocycles. The lowest BCUT2D eigenvalue weighted by Crippen LogP contribution is -2.43. The number of carbonyl (C=O) groups excluding carboxylic acids is 2. The maximum absolute atomic E-state index is 11.5. The lowest BCUT2D eigenvalue weighted by atomic mass is 10.4. The molecule has 0 aromatic heterocycles. The first kappa shape index (κ1) is 13.9. The fourth-order valence-electron chi connectivity index (χ4n) is 1.27. The van der Waals surface area contributed by atoms with Crippen molar-refractivity contribution in [1.82, 2.24) is 10.2 Å². The van der Waals surface area contributed by atoms with E-state index in [9.17, 15) is 9.59 Å². The zero-order valence-electron chi connectivity index (χ0n) is 10.3. The van der Waals surface area contributed by atoms with Crippen molar-refractivity contribution >= 4 is 11.8 Å². The van der Waals surface area contributed by atoms with Crippen molar-refractivity contribution in [2.45, 2.75) is 12.8 Å².